The molecule has 0 spiro atoms. The molecule has 0 saturated carbocycles. The standard InChI is InChI=1S/C35H44FN7O3/c1-23-13-14-29(33(44)40(6)16-9-12-28-21-31(41(7)38-28)26-10-8-11-27(36)20-26)32(18-23)43-22-30(37-39-43)25-15-17-42(24(2)19-25)34(45)46-35(3,4)5/h8,10-11,13-14,18,20-22,24-25H,9,12,15-17,19H2,1-7H3. The Bertz CT molecular complexity index is 1710. The van der Waals surface area contributed by atoms with Gasteiger partial charge in [0.2, 0.25) is 0 Å². The summed E-state index contributed by atoms with van der Waals surface area (Å²) in [6.07, 6.45) is 4.52. The van der Waals surface area contributed by atoms with E-state index in [1.807, 2.05) is 78.2 Å². The number of piperidine rings is 1. The van der Waals surface area contributed by atoms with Crippen molar-refractivity contribution in [2.75, 3.05) is 20.1 Å². The summed E-state index contributed by atoms with van der Waals surface area (Å²) in [7, 11) is 3.65. The molecular weight excluding hydrogens is 585 g/mol. The first kappa shape index (κ1) is 32.8. The number of carbonyl (C=O) groups is 2. The molecule has 2 atom stereocenters. The van der Waals surface area contributed by atoms with Crippen LogP contribution < -0.4 is 0 Å². The van der Waals surface area contributed by atoms with Crippen LogP contribution in [0.2, 0.25) is 0 Å². The van der Waals surface area contributed by atoms with Gasteiger partial charge in [-0.1, -0.05) is 23.4 Å². The molecular formula is C35H44FN7O3. The minimum absolute atomic E-state index is 0.00233. The van der Waals surface area contributed by atoms with Crippen LogP contribution in [0.3, 0.4) is 0 Å². The number of nitrogens with zero attached hydrogens (tertiary/aromatic N) is 7. The lowest BCUT2D eigenvalue weighted by Crippen LogP contribution is -2.46. The maximum absolute atomic E-state index is 13.7. The number of aryl methyl sites for hydroxylation is 3. The monoisotopic (exact) mass is 629 g/mol. The van der Waals surface area contributed by atoms with Crippen molar-refractivity contribution in [1.82, 2.24) is 34.6 Å². The average Bonchev–Trinajstić information content (AvgIpc) is 3.63. The smallest absolute Gasteiger partial charge is 0.410 e. The predicted octanol–water partition coefficient (Wildman–Crippen LogP) is 6.32. The Hall–Kier alpha value is -4.54. The Labute approximate surface area is 270 Å². The number of halogens is 1. The highest BCUT2D eigenvalue weighted by molar-refractivity contribution is 5.97. The molecule has 46 heavy (non-hydrogen) atoms. The van der Waals surface area contributed by atoms with Gasteiger partial charge in [-0.2, -0.15) is 5.10 Å². The first-order chi connectivity index (χ1) is 21.8. The van der Waals surface area contributed by atoms with Gasteiger partial charge >= 0.3 is 6.09 Å². The lowest BCUT2D eigenvalue weighted by atomic mass is 9.89. The van der Waals surface area contributed by atoms with Crippen LogP contribution in [0.25, 0.3) is 16.9 Å². The van der Waals surface area contributed by atoms with Gasteiger partial charge in [-0.3, -0.25) is 9.48 Å². The third kappa shape index (κ3) is 7.63. The van der Waals surface area contributed by atoms with Crippen molar-refractivity contribution < 1.29 is 18.7 Å². The molecule has 10 nitrogen and oxygen atoms in total. The maximum Gasteiger partial charge on any atom is 0.410 e. The lowest BCUT2D eigenvalue weighted by Gasteiger charge is -2.37. The minimum atomic E-state index is -0.540. The van der Waals surface area contributed by atoms with Gasteiger partial charge < -0.3 is 14.5 Å². The summed E-state index contributed by atoms with van der Waals surface area (Å²) < 4.78 is 22.8. The molecule has 2 aromatic heterocycles. The highest BCUT2D eigenvalue weighted by Gasteiger charge is 2.33. The molecule has 1 aliphatic heterocycles. The van der Waals surface area contributed by atoms with E-state index in [1.54, 1.807) is 32.3 Å². The molecule has 0 N–H and O–H groups in total. The number of aromatic nitrogens is 5. The van der Waals surface area contributed by atoms with E-state index in [0.717, 1.165) is 47.5 Å². The molecule has 5 rings (SSSR count). The number of amides is 2. The predicted molar refractivity (Wildman–Crippen MR) is 174 cm³/mol. The van der Waals surface area contributed by atoms with Gasteiger partial charge in [-0.15, -0.1) is 5.10 Å². The van der Waals surface area contributed by atoms with Crippen molar-refractivity contribution in [3.63, 3.8) is 0 Å². The Morgan fingerprint density at radius 1 is 1.13 bits per heavy atom. The lowest BCUT2D eigenvalue weighted by molar-refractivity contribution is 0.0102. The van der Waals surface area contributed by atoms with Gasteiger partial charge in [0.1, 0.15) is 11.4 Å². The Morgan fingerprint density at radius 2 is 1.91 bits per heavy atom. The van der Waals surface area contributed by atoms with Crippen molar-refractivity contribution in [2.45, 2.75) is 77.9 Å². The van der Waals surface area contributed by atoms with Crippen molar-refractivity contribution in [2.24, 2.45) is 7.05 Å². The Kier molecular flexibility index (Phi) is 9.60. The second kappa shape index (κ2) is 13.4. The Balaban J connectivity index is 1.23. The van der Waals surface area contributed by atoms with Gasteiger partial charge in [0.25, 0.3) is 5.91 Å². The molecule has 2 amide bonds. The molecule has 1 saturated heterocycles. The summed E-state index contributed by atoms with van der Waals surface area (Å²) in [4.78, 5) is 29.9. The number of ether oxygens (including phenoxy) is 1. The highest BCUT2D eigenvalue weighted by atomic mass is 19.1. The fourth-order valence-corrected chi connectivity index (χ4v) is 6.00. The Morgan fingerprint density at radius 3 is 2.63 bits per heavy atom. The van der Waals surface area contributed by atoms with Gasteiger partial charge in [0, 0.05) is 44.7 Å². The molecule has 0 radical (unpaired) electrons. The molecule has 2 aromatic carbocycles. The summed E-state index contributed by atoms with van der Waals surface area (Å²) in [6, 6.07) is 14.2. The molecule has 244 valence electrons. The van der Waals surface area contributed by atoms with Crippen LogP contribution in [-0.4, -0.2) is 78.4 Å². The normalized spacial score (nSPS) is 16.8. The van der Waals surface area contributed by atoms with Crippen LogP contribution in [0.1, 0.15) is 80.2 Å². The first-order valence-corrected chi connectivity index (χ1v) is 15.9. The summed E-state index contributed by atoms with van der Waals surface area (Å²) in [6.45, 7) is 10.8. The van der Waals surface area contributed by atoms with E-state index in [2.05, 4.69) is 15.4 Å². The van der Waals surface area contributed by atoms with Crippen LogP contribution in [0, 0.1) is 12.7 Å². The fourth-order valence-electron chi connectivity index (χ4n) is 6.00. The van der Waals surface area contributed by atoms with E-state index in [4.69, 9.17) is 4.74 Å². The fraction of sp³-hybridized carbons (Fsp3) is 0.457. The van der Waals surface area contributed by atoms with Crippen LogP contribution in [0.5, 0.6) is 0 Å². The molecule has 1 fully saturated rings. The topological polar surface area (TPSA) is 98.4 Å². The van der Waals surface area contributed by atoms with Gasteiger partial charge in [-0.05, 0) is 96.2 Å². The quantitative estimate of drug-likeness (QED) is 0.226. The van der Waals surface area contributed by atoms with Crippen molar-refractivity contribution in [1.29, 1.82) is 0 Å². The molecule has 11 heteroatoms. The van der Waals surface area contributed by atoms with E-state index in [9.17, 15) is 14.0 Å². The van der Waals surface area contributed by atoms with E-state index in [1.165, 1.54) is 12.1 Å². The molecule has 3 heterocycles. The first-order valence-electron chi connectivity index (χ1n) is 15.9. The summed E-state index contributed by atoms with van der Waals surface area (Å²) in [5, 5.41) is 13.5. The van der Waals surface area contributed by atoms with E-state index >= 15 is 0 Å². The highest BCUT2D eigenvalue weighted by Crippen LogP contribution is 2.32. The zero-order valence-corrected chi connectivity index (χ0v) is 27.8. The van der Waals surface area contributed by atoms with E-state index in [-0.39, 0.29) is 29.8 Å². The summed E-state index contributed by atoms with van der Waals surface area (Å²) in [5.41, 5.74) is 5.05. The van der Waals surface area contributed by atoms with Crippen LogP contribution in [-0.2, 0) is 18.2 Å². The third-order valence-electron chi connectivity index (χ3n) is 8.39. The van der Waals surface area contributed by atoms with Crippen molar-refractivity contribution >= 4 is 12.0 Å². The zero-order valence-electron chi connectivity index (χ0n) is 27.8. The second-order valence-corrected chi connectivity index (χ2v) is 13.3. The largest absolute Gasteiger partial charge is 0.444 e. The van der Waals surface area contributed by atoms with Gasteiger partial charge in [0.15, 0.2) is 0 Å². The number of likely N-dealkylation sites (tertiary alicyclic amines) is 1. The second-order valence-electron chi connectivity index (χ2n) is 13.3. The van der Waals surface area contributed by atoms with Crippen molar-refractivity contribution in [3.05, 3.63) is 83.1 Å². The van der Waals surface area contributed by atoms with Gasteiger partial charge in [-0.25, -0.2) is 13.9 Å². The number of rotatable bonds is 8. The number of benzene rings is 2. The average molecular weight is 630 g/mol. The summed E-state index contributed by atoms with van der Waals surface area (Å²) >= 11 is 0. The van der Waals surface area contributed by atoms with E-state index < -0.39 is 5.60 Å². The van der Waals surface area contributed by atoms with Crippen molar-refractivity contribution in [3.8, 4) is 16.9 Å². The number of hydrogen-bond acceptors (Lipinski definition) is 6. The molecule has 0 aliphatic carbocycles. The van der Waals surface area contributed by atoms with E-state index in [0.29, 0.717) is 30.8 Å². The molecule has 1 aliphatic rings. The van der Waals surface area contributed by atoms with Crippen LogP contribution >= 0.6 is 0 Å². The molecule has 4 aromatic rings. The minimum Gasteiger partial charge on any atom is -0.444 e. The number of carbonyl (C=O) groups excluding carboxylic acids is 2. The molecule has 2 unspecified atom stereocenters. The molecule has 0 bridgehead atoms. The van der Waals surface area contributed by atoms with Crippen LogP contribution in [0.4, 0.5) is 9.18 Å². The van der Waals surface area contributed by atoms with Crippen LogP contribution in [0.15, 0.2) is 54.7 Å². The maximum atomic E-state index is 13.7. The third-order valence-corrected chi connectivity index (χ3v) is 8.39. The number of hydrogen-bond donors (Lipinski definition) is 0. The SMILES string of the molecule is Cc1ccc(C(=O)N(C)CCCc2cc(-c3cccc(F)c3)n(C)n2)c(-n2cc(C3CCN(C(=O)OC(C)(C)C)C(C)C3)nn2)c1. The van der Waals surface area contributed by atoms with Gasteiger partial charge in [0.05, 0.1) is 34.5 Å². The summed E-state index contributed by atoms with van der Waals surface area (Å²) in [5.74, 6) is -0.247. The zero-order chi connectivity index (χ0) is 33.2.